The minimum absolute atomic E-state index is 0.0354. The molecule has 124 valence electrons. The van der Waals surface area contributed by atoms with E-state index in [2.05, 4.69) is 10.6 Å². The topological polar surface area (TPSA) is 70.7 Å². The third-order valence-corrected chi connectivity index (χ3v) is 4.46. The molecule has 6 heteroatoms. The number of urea groups is 1. The van der Waals surface area contributed by atoms with Crippen molar-refractivity contribution in [2.24, 2.45) is 0 Å². The molecule has 3 rings (SSSR count). The number of carbonyl (C=O) groups is 2. The molecule has 0 aliphatic carbocycles. The van der Waals surface area contributed by atoms with Crippen LogP contribution in [-0.2, 0) is 10.2 Å². The number of methoxy groups -OCH3 is 1. The lowest BCUT2D eigenvalue weighted by molar-refractivity contribution is -0.120. The van der Waals surface area contributed by atoms with E-state index in [0.717, 1.165) is 17.0 Å². The van der Waals surface area contributed by atoms with E-state index in [1.54, 1.807) is 12.0 Å². The molecule has 23 heavy (non-hydrogen) atoms. The molecule has 0 bridgehead atoms. The molecule has 2 heterocycles. The predicted octanol–water partition coefficient (Wildman–Crippen LogP) is 2.10. The summed E-state index contributed by atoms with van der Waals surface area (Å²) in [4.78, 5) is 26.7. The Morgan fingerprint density at radius 1 is 1.39 bits per heavy atom. The molecule has 0 radical (unpaired) electrons. The van der Waals surface area contributed by atoms with E-state index < -0.39 is 5.41 Å². The fraction of sp³-hybridized carbons (Fsp3) is 0.529. The van der Waals surface area contributed by atoms with E-state index in [1.807, 2.05) is 39.0 Å². The number of rotatable bonds is 1. The van der Waals surface area contributed by atoms with Crippen molar-refractivity contribution in [2.45, 2.75) is 38.1 Å². The smallest absolute Gasteiger partial charge is 0.317 e. The number of hydrogen-bond donors (Lipinski definition) is 2. The monoisotopic (exact) mass is 317 g/mol. The average molecular weight is 317 g/mol. The van der Waals surface area contributed by atoms with Gasteiger partial charge in [-0.2, -0.15) is 0 Å². The minimum Gasteiger partial charge on any atom is -0.497 e. The lowest BCUT2D eigenvalue weighted by Crippen LogP contribution is -2.49. The van der Waals surface area contributed by atoms with Gasteiger partial charge in [0.25, 0.3) is 0 Å². The maximum atomic E-state index is 12.6. The van der Waals surface area contributed by atoms with Gasteiger partial charge < -0.3 is 20.3 Å². The summed E-state index contributed by atoms with van der Waals surface area (Å²) >= 11 is 0. The Morgan fingerprint density at radius 3 is 2.78 bits per heavy atom. The Labute approximate surface area is 136 Å². The van der Waals surface area contributed by atoms with Crippen molar-refractivity contribution in [3.8, 4) is 5.75 Å². The predicted molar refractivity (Wildman–Crippen MR) is 87.8 cm³/mol. The van der Waals surface area contributed by atoms with Gasteiger partial charge in [0.2, 0.25) is 5.91 Å². The van der Waals surface area contributed by atoms with Gasteiger partial charge in [-0.3, -0.25) is 4.79 Å². The van der Waals surface area contributed by atoms with Crippen LogP contribution in [0.3, 0.4) is 0 Å². The summed E-state index contributed by atoms with van der Waals surface area (Å²) in [6.45, 7) is 6.78. The molecule has 0 saturated carbocycles. The van der Waals surface area contributed by atoms with Gasteiger partial charge in [-0.05, 0) is 51.0 Å². The number of likely N-dealkylation sites (tertiary alicyclic amines) is 1. The van der Waals surface area contributed by atoms with E-state index in [-0.39, 0.29) is 17.5 Å². The second-order valence-electron chi connectivity index (χ2n) is 7.30. The maximum absolute atomic E-state index is 12.6. The Kier molecular flexibility index (Phi) is 3.50. The van der Waals surface area contributed by atoms with Gasteiger partial charge in [-0.1, -0.05) is 0 Å². The Morgan fingerprint density at radius 2 is 2.13 bits per heavy atom. The molecule has 3 amide bonds. The van der Waals surface area contributed by atoms with Crippen molar-refractivity contribution in [3.05, 3.63) is 23.8 Å². The number of nitrogens with zero attached hydrogens (tertiary/aromatic N) is 1. The number of hydrogen-bond acceptors (Lipinski definition) is 3. The van der Waals surface area contributed by atoms with Gasteiger partial charge in [0.05, 0.1) is 12.5 Å². The summed E-state index contributed by atoms with van der Waals surface area (Å²) in [5.74, 6) is 0.684. The van der Waals surface area contributed by atoms with Crippen LogP contribution in [0.5, 0.6) is 5.75 Å². The van der Waals surface area contributed by atoms with Gasteiger partial charge in [0, 0.05) is 24.3 Å². The van der Waals surface area contributed by atoms with Crippen molar-refractivity contribution in [3.63, 3.8) is 0 Å². The first kappa shape index (κ1) is 15.6. The van der Waals surface area contributed by atoms with Gasteiger partial charge >= 0.3 is 6.03 Å². The number of ether oxygens (including phenoxy) is 1. The molecule has 0 aromatic heterocycles. The van der Waals surface area contributed by atoms with Crippen LogP contribution >= 0.6 is 0 Å². The summed E-state index contributed by atoms with van der Waals surface area (Å²) in [6, 6.07) is 5.47. The summed E-state index contributed by atoms with van der Waals surface area (Å²) in [5, 5.41) is 5.90. The van der Waals surface area contributed by atoms with Crippen LogP contribution in [0, 0.1) is 0 Å². The van der Waals surface area contributed by atoms with Gasteiger partial charge in [0.15, 0.2) is 0 Å². The highest BCUT2D eigenvalue weighted by atomic mass is 16.5. The largest absolute Gasteiger partial charge is 0.497 e. The summed E-state index contributed by atoms with van der Waals surface area (Å²) in [6.07, 6.45) is 0.622. The van der Waals surface area contributed by atoms with Crippen molar-refractivity contribution in [1.29, 1.82) is 0 Å². The van der Waals surface area contributed by atoms with Crippen LogP contribution in [0.15, 0.2) is 18.2 Å². The molecule has 1 saturated heterocycles. The highest BCUT2D eigenvalue weighted by Gasteiger charge is 2.52. The van der Waals surface area contributed by atoms with Crippen LogP contribution in [0.1, 0.15) is 32.8 Å². The first-order valence-corrected chi connectivity index (χ1v) is 7.82. The van der Waals surface area contributed by atoms with Gasteiger partial charge in [0.1, 0.15) is 5.75 Å². The quantitative estimate of drug-likeness (QED) is 0.833. The molecule has 2 N–H and O–H groups in total. The van der Waals surface area contributed by atoms with Crippen LogP contribution in [0.2, 0.25) is 0 Å². The minimum atomic E-state index is -0.668. The van der Waals surface area contributed by atoms with E-state index in [9.17, 15) is 9.59 Å². The molecule has 1 fully saturated rings. The zero-order valence-corrected chi connectivity index (χ0v) is 14.0. The van der Waals surface area contributed by atoms with Crippen LogP contribution in [0.4, 0.5) is 10.5 Å². The number of carbonyl (C=O) groups excluding carboxylic acids is 2. The van der Waals surface area contributed by atoms with E-state index in [0.29, 0.717) is 19.5 Å². The van der Waals surface area contributed by atoms with Gasteiger partial charge in [-0.25, -0.2) is 4.79 Å². The molecular formula is C17H23N3O3. The van der Waals surface area contributed by atoms with E-state index in [4.69, 9.17) is 4.74 Å². The third kappa shape index (κ3) is 2.62. The zero-order valence-electron chi connectivity index (χ0n) is 14.0. The average Bonchev–Trinajstić information content (AvgIpc) is 3.02. The highest BCUT2D eigenvalue weighted by molar-refractivity contribution is 6.07. The fourth-order valence-corrected chi connectivity index (χ4v) is 3.31. The standard InChI is InChI=1S/C17H23N3O3/c1-16(2,3)19-15(22)20-8-7-17(10-20)12-9-11(23-4)5-6-13(12)18-14(17)21/h5-6,9H,7-8,10H2,1-4H3,(H,18,21)(H,19,22). The number of fused-ring (bicyclic) bond motifs is 2. The Bertz CT molecular complexity index is 666. The molecule has 1 aromatic carbocycles. The van der Waals surface area contributed by atoms with E-state index >= 15 is 0 Å². The first-order valence-electron chi connectivity index (χ1n) is 7.82. The molecule has 1 atom stereocenters. The summed E-state index contributed by atoms with van der Waals surface area (Å²) in [7, 11) is 1.61. The molecule has 1 unspecified atom stereocenters. The second kappa shape index (κ2) is 5.15. The zero-order chi connectivity index (χ0) is 16.8. The van der Waals surface area contributed by atoms with E-state index in [1.165, 1.54) is 0 Å². The van der Waals surface area contributed by atoms with Gasteiger partial charge in [-0.15, -0.1) is 0 Å². The summed E-state index contributed by atoms with van der Waals surface area (Å²) in [5.41, 5.74) is 0.771. The molecule has 2 aliphatic heterocycles. The highest BCUT2D eigenvalue weighted by Crippen LogP contribution is 2.45. The summed E-state index contributed by atoms with van der Waals surface area (Å²) < 4.78 is 5.29. The Hall–Kier alpha value is -2.24. The second-order valence-corrected chi connectivity index (χ2v) is 7.30. The number of nitrogens with one attached hydrogen (secondary N) is 2. The number of benzene rings is 1. The maximum Gasteiger partial charge on any atom is 0.317 e. The first-order chi connectivity index (χ1) is 10.7. The van der Waals surface area contributed by atoms with Crippen LogP contribution < -0.4 is 15.4 Å². The molecule has 2 aliphatic rings. The number of anilines is 1. The van der Waals surface area contributed by atoms with Crippen LogP contribution in [0.25, 0.3) is 0 Å². The Balaban J connectivity index is 1.87. The van der Waals surface area contributed by atoms with Crippen molar-refractivity contribution < 1.29 is 14.3 Å². The lowest BCUT2D eigenvalue weighted by atomic mass is 9.81. The molecular weight excluding hydrogens is 294 g/mol. The third-order valence-electron chi connectivity index (χ3n) is 4.46. The van der Waals surface area contributed by atoms with Crippen LogP contribution in [-0.4, -0.2) is 42.6 Å². The van der Waals surface area contributed by atoms with Crippen molar-refractivity contribution in [2.75, 3.05) is 25.5 Å². The normalized spacial score (nSPS) is 23.0. The number of amides is 3. The SMILES string of the molecule is COc1ccc2c(c1)C1(CCN(C(=O)NC(C)(C)C)C1)C(=O)N2. The fourth-order valence-electron chi connectivity index (χ4n) is 3.31. The molecule has 1 aromatic rings. The molecule has 6 nitrogen and oxygen atoms in total. The van der Waals surface area contributed by atoms with Crippen molar-refractivity contribution >= 4 is 17.6 Å². The molecule has 1 spiro atoms. The lowest BCUT2D eigenvalue weighted by Gasteiger charge is -2.27. The van der Waals surface area contributed by atoms with Crippen molar-refractivity contribution in [1.82, 2.24) is 10.2 Å².